The van der Waals surface area contributed by atoms with E-state index in [0.717, 1.165) is 26.1 Å². The Morgan fingerprint density at radius 3 is 2.47 bits per heavy atom. The Hall–Kier alpha value is -3.26. The van der Waals surface area contributed by atoms with Crippen molar-refractivity contribution < 1.29 is 14.4 Å². The van der Waals surface area contributed by atoms with Crippen molar-refractivity contribution in [2.75, 3.05) is 37.6 Å². The van der Waals surface area contributed by atoms with Crippen LogP contribution in [0.3, 0.4) is 0 Å². The molecule has 5 rings (SSSR count). The summed E-state index contributed by atoms with van der Waals surface area (Å²) in [5.74, 6) is -0.158. The highest BCUT2D eigenvalue weighted by Gasteiger charge is 2.37. The number of pyridine rings is 1. The minimum Gasteiger partial charge on any atom is -0.353 e. The van der Waals surface area contributed by atoms with Gasteiger partial charge >= 0.3 is 0 Å². The molecule has 1 fully saturated rings. The summed E-state index contributed by atoms with van der Waals surface area (Å²) in [7, 11) is 0. The van der Waals surface area contributed by atoms with Crippen LogP contribution in [0.25, 0.3) is 10.9 Å². The van der Waals surface area contributed by atoms with Gasteiger partial charge in [-0.1, -0.05) is 34.1 Å². The van der Waals surface area contributed by atoms with Crippen molar-refractivity contribution in [3.05, 3.63) is 69.7 Å². The zero-order valence-corrected chi connectivity index (χ0v) is 19.1. The molecule has 1 saturated heterocycles. The summed E-state index contributed by atoms with van der Waals surface area (Å²) in [6, 6.07) is 15.1. The average molecular weight is 493 g/mol. The van der Waals surface area contributed by atoms with E-state index in [4.69, 9.17) is 4.98 Å². The zero-order chi connectivity index (χ0) is 22.4. The number of carbonyl (C=O) groups is 3. The van der Waals surface area contributed by atoms with E-state index in [1.807, 2.05) is 18.2 Å². The molecule has 0 aliphatic carbocycles. The first kappa shape index (κ1) is 20.6. The van der Waals surface area contributed by atoms with Gasteiger partial charge in [0.2, 0.25) is 5.91 Å². The number of piperazine rings is 1. The van der Waals surface area contributed by atoms with Crippen LogP contribution in [0, 0.1) is 6.92 Å². The number of imide groups is 1. The quantitative estimate of drug-likeness (QED) is 0.524. The molecule has 3 aromatic rings. The first-order chi connectivity index (χ1) is 15.4. The number of benzene rings is 2. The maximum absolute atomic E-state index is 12.9. The number of fused-ring (bicyclic) bond motifs is 2. The Morgan fingerprint density at radius 2 is 1.69 bits per heavy atom. The molecule has 0 atom stereocenters. The molecule has 2 aromatic carbocycles. The second kappa shape index (κ2) is 8.02. The Kier molecular flexibility index (Phi) is 5.17. The van der Waals surface area contributed by atoms with Gasteiger partial charge in [0.05, 0.1) is 16.6 Å². The van der Waals surface area contributed by atoms with Gasteiger partial charge in [0, 0.05) is 36.0 Å². The monoisotopic (exact) mass is 492 g/mol. The number of amides is 3. The van der Waals surface area contributed by atoms with E-state index >= 15 is 0 Å². The molecule has 2 aliphatic rings. The molecule has 3 amide bonds. The van der Waals surface area contributed by atoms with E-state index in [1.165, 1.54) is 5.56 Å². The first-order valence-electron chi connectivity index (χ1n) is 10.5. The number of carbonyl (C=O) groups excluding carboxylic acids is 3. The third-order valence-corrected chi connectivity index (χ3v) is 6.59. The summed E-state index contributed by atoms with van der Waals surface area (Å²) in [5.41, 5.74) is 2.80. The molecule has 2 aliphatic heterocycles. The predicted octanol–water partition coefficient (Wildman–Crippen LogP) is 3.25. The summed E-state index contributed by atoms with van der Waals surface area (Å²) in [5, 5.41) is 1.14. The normalized spacial score (nSPS) is 16.1. The minimum absolute atomic E-state index is 0.221. The molecule has 0 N–H and O–H groups in total. The lowest BCUT2D eigenvalue weighted by atomic mass is 10.1. The molecular weight excluding hydrogens is 472 g/mol. The Morgan fingerprint density at radius 1 is 0.969 bits per heavy atom. The molecule has 8 heteroatoms. The SMILES string of the molecule is Cc1cc(N2CCN(C(=O)CN3C(=O)c4ccc(Br)cc4C3=O)CC2)nc2ccccc12. The molecule has 32 heavy (non-hydrogen) atoms. The van der Waals surface area contributed by atoms with E-state index in [1.54, 1.807) is 23.1 Å². The van der Waals surface area contributed by atoms with Gasteiger partial charge in [0.15, 0.2) is 0 Å². The van der Waals surface area contributed by atoms with Crippen LogP contribution >= 0.6 is 15.9 Å². The summed E-state index contributed by atoms with van der Waals surface area (Å²) in [6.45, 7) is 4.16. The molecule has 0 radical (unpaired) electrons. The van der Waals surface area contributed by atoms with Crippen LogP contribution in [-0.4, -0.2) is 65.2 Å². The average Bonchev–Trinajstić information content (AvgIpc) is 3.03. The summed E-state index contributed by atoms with van der Waals surface area (Å²) in [6.07, 6.45) is 0. The van der Waals surface area contributed by atoms with Crippen LogP contribution in [0.2, 0.25) is 0 Å². The van der Waals surface area contributed by atoms with Crippen LogP contribution in [0.1, 0.15) is 26.3 Å². The molecule has 3 heterocycles. The van der Waals surface area contributed by atoms with Gasteiger partial charge < -0.3 is 9.80 Å². The summed E-state index contributed by atoms with van der Waals surface area (Å²) < 4.78 is 0.722. The number of anilines is 1. The number of nitrogens with zero attached hydrogens (tertiary/aromatic N) is 4. The van der Waals surface area contributed by atoms with Crippen LogP contribution < -0.4 is 4.90 Å². The van der Waals surface area contributed by atoms with E-state index in [9.17, 15) is 14.4 Å². The number of para-hydroxylation sites is 1. The van der Waals surface area contributed by atoms with Crippen molar-refractivity contribution >= 4 is 50.4 Å². The highest BCUT2D eigenvalue weighted by atomic mass is 79.9. The largest absolute Gasteiger partial charge is 0.353 e. The fraction of sp³-hybridized carbons (Fsp3) is 0.250. The predicted molar refractivity (Wildman–Crippen MR) is 125 cm³/mol. The fourth-order valence-electron chi connectivity index (χ4n) is 4.32. The summed E-state index contributed by atoms with van der Waals surface area (Å²) in [4.78, 5) is 47.8. The number of aromatic nitrogens is 1. The highest BCUT2D eigenvalue weighted by molar-refractivity contribution is 9.10. The molecule has 1 aromatic heterocycles. The number of hydrogen-bond acceptors (Lipinski definition) is 5. The van der Waals surface area contributed by atoms with E-state index in [2.05, 4.69) is 39.9 Å². The van der Waals surface area contributed by atoms with E-state index in [0.29, 0.717) is 37.3 Å². The lowest BCUT2D eigenvalue weighted by Gasteiger charge is -2.36. The maximum atomic E-state index is 12.9. The molecular formula is C24H21BrN4O3. The van der Waals surface area contributed by atoms with Crippen LogP contribution in [0.15, 0.2) is 53.0 Å². The van der Waals surface area contributed by atoms with Crippen LogP contribution in [-0.2, 0) is 4.79 Å². The van der Waals surface area contributed by atoms with Crippen molar-refractivity contribution in [1.29, 1.82) is 0 Å². The van der Waals surface area contributed by atoms with Gasteiger partial charge in [-0.2, -0.15) is 0 Å². The molecule has 7 nitrogen and oxygen atoms in total. The second-order valence-corrected chi connectivity index (χ2v) is 8.98. The fourth-order valence-corrected chi connectivity index (χ4v) is 4.68. The first-order valence-corrected chi connectivity index (χ1v) is 11.3. The van der Waals surface area contributed by atoms with E-state index in [-0.39, 0.29) is 12.5 Å². The number of aryl methyl sites for hydroxylation is 1. The van der Waals surface area contributed by atoms with E-state index < -0.39 is 11.8 Å². The molecule has 0 unspecified atom stereocenters. The maximum Gasteiger partial charge on any atom is 0.262 e. The van der Waals surface area contributed by atoms with Gasteiger partial charge in [0.1, 0.15) is 12.4 Å². The standard InChI is InChI=1S/C24H21BrN4O3/c1-15-12-21(26-20-5-3-2-4-17(15)20)27-8-10-28(11-9-27)22(30)14-29-23(31)18-7-6-16(25)13-19(18)24(29)32/h2-7,12-13H,8-11,14H2,1H3. The zero-order valence-electron chi connectivity index (χ0n) is 17.5. The number of hydrogen-bond donors (Lipinski definition) is 0. The van der Waals surface area contributed by atoms with Crippen LogP contribution in [0.5, 0.6) is 0 Å². The van der Waals surface area contributed by atoms with Crippen molar-refractivity contribution in [3.63, 3.8) is 0 Å². The number of rotatable bonds is 3. The third kappa shape index (κ3) is 3.54. The van der Waals surface area contributed by atoms with Crippen molar-refractivity contribution in [1.82, 2.24) is 14.8 Å². The molecule has 0 spiro atoms. The third-order valence-electron chi connectivity index (χ3n) is 6.09. The van der Waals surface area contributed by atoms with Gasteiger partial charge in [-0.25, -0.2) is 4.98 Å². The Balaban J connectivity index is 1.25. The van der Waals surface area contributed by atoms with Crippen molar-refractivity contribution in [2.45, 2.75) is 6.92 Å². The molecule has 162 valence electrons. The van der Waals surface area contributed by atoms with Gasteiger partial charge in [0.25, 0.3) is 11.8 Å². The molecule has 0 bridgehead atoms. The number of halogens is 1. The minimum atomic E-state index is -0.422. The smallest absolute Gasteiger partial charge is 0.262 e. The Labute approximate surface area is 193 Å². The lowest BCUT2D eigenvalue weighted by Crippen LogP contribution is -2.52. The Bertz CT molecular complexity index is 1270. The molecule has 0 saturated carbocycles. The van der Waals surface area contributed by atoms with Crippen molar-refractivity contribution in [3.8, 4) is 0 Å². The van der Waals surface area contributed by atoms with Crippen molar-refractivity contribution in [2.24, 2.45) is 0 Å². The second-order valence-electron chi connectivity index (χ2n) is 8.07. The van der Waals surface area contributed by atoms with Crippen LogP contribution in [0.4, 0.5) is 5.82 Å². The highest BCUT2D eigenvalue weighted by Crippen LogP contribution is 2.26. The van der Waals surface area contributed by atoms with Gasteiger partial charge in [-0.05, 0) is 42.8 Å². The summed E-state index contributed by atoms with van der Waals surface area (Å²) >= 11 is 3.32. The van der Waals surface area contributed by atoms with Gasteiger partial charge in [-0.3, -0.25) is 19.3 Å². The lowest BCUT2D eigenvalue weighted by molar-refractivity contribution is -0.131. The van der Waals surface area contributed by atoms with Gasteiger partial charge in [-0.15, -0.1) is 0 Å². The topological polar surface area (TPSA) is 73.8 Å².